The van der Waals surface area contributed by atoms with Crippen molar-refractivity contribution in [3.8, 4) is 0 Å². The fourth-order valence-corrected chi connectivity index (χ4v) is 1.29. The summed E-state index contributed by atoms with van der Waals surface area (Å²) < 4.78 is 0. The molecule has 0 spiro atoms. The molecule has 4 N–H and O–H groups in total. The van der Waals surface area contributed by atoms with E-state index >= 15 is 0 Å². The molecule has 0 saturated heterocycles. The van der Waals surface area contributed by atoms with Gasteiger partial charge in [0, 0.05) is 6.04 Å². The van der Waals surface area contributed by atoms with Crippen LogP contribution in [0.3, 0.4) is 0 Å². The largest absolute Gasteiger partial charge is 0.330 e. The highest BCUT2D eigenvalue weighted by Gasteiger charge is 1.90. The van der Waals surface area contributed by atoms with Gasteiger partial charge in [0.25, 0.3) is 0 Å². The lowest BCUT2D eigenvalue weighted by molar-refractivity contribution is 0.602. The standard InChI is InChI=1S/C7H16.C6H16N2/c1-3-5-7-6-4-2;1-6(8)4-2-3-5-7/h3-7H2,1-2H3;6H,2-5,7-8H2,1H3. The molecule has 0 heterocycles. The maximum Gasteiger partial charge on any atom is 0.00104 e. The average molecular weight is 216 g/mol. The molecule has 0 bridgehead atoms. The minimum atomic E-state index is 0.349. The molecule has 0 radical (unpaired) electrons. The van der Waals surface area contributed by atoms with Crippen LogP contribution in [0.1, 0.15) is 72.1 Å². The van der Waals surface area contributed by atoms with Crippen molar-refractivity contribution in [2.75, 3.05) is 6.54 Å². The molecule has 0 aliphatic rings. The van der Waals surface area contributed by atoms with E-state index in [4.69, 9.17) is 11.5 Å². The summed E-state index contributed by atoms with van der Waals surface area (Å²) in [6.07, 6.45) is 10.4. The second-order valence-corrected chi connectivity index (χ2v) is 4.32. The molecule has 94 valence electrons. The van der Waals surface area contributed by atoms with Crippen LogP contribution in [-0.2, 0) is 0 Å². The Hall–Kier alpha value is -0.0800. The zero-order valence-corrected chi connectivity index (χ0v) is 11.1. The van der Waals surface area contributed by atoms with Crippen molar-refractivity contribution in [3.05, 3.63) is 0 Å². The first-order valence-electron chi connectivity index (χ1n) is 6.64. The van der Waals surface area contributed by atoms with Gasteiger partial charge in [0.05, 0.1) is 0 Å². The molecule has 0 aliphatic heterocycles. The van der Waals surface area contributed by atoms with Gasteiger partial charge in [0.2, 0.25) is 0 Å². The highest BCUT2D eigenvalue weighted by Crippen LogP contribution is 2.00. The number of unbranched alkanes of at least 4 members (excludes halogenated alkanes) is 5. The second kappa shape index (κ2) is 16.4. The van der Waals surface area contributed by atoms with Crippen molar-refractivity contribution in [1.82, 2.24) is 0 Å². The summed E-state index contributed by atoms with van der Waals surface area (Å²) >= 11 is 0. The number of hydrogen-bond donors (Lipinski definition) is 2. The Morgan fingerprint density at radius 3 is 1.73 bits per heavy atom. The smallest absolute Gasteiger partial charge is 0.00104 e. The van der Waals surface area contributed by atoms with Crippen LogP contribution in [0.2, 0.25) is 0 Å². The van der Waals surface area contributed by atoms with Crippen molar-refractivity contribution < 1.29 is 0 Å². The van der Waals surface area contributed by atoms with Gasteiger partial charge in [-0.05, 0) is 26.3 Å². The normalized spacial score (nSPS) is 11.8. The van der Waals surface area contributed by atoms with Crippen LogP contribution >= 0.6 is 0 Å². The predicted octanol–water partition coefficient (Wildman–Crippen LogP) is 3.44. The van der Waals surface area contributed by atoms with Crippen molar-refractivity contribution in [1.29, 1.82) is 0 Å². The third-order valence-corrected chi connectivity index (χ3v) is 2.32. The summed E-state index contributed by atoms with van der Waals surface area (Å²) in [6, 6.07) is 0.349. The van der Waals surface area contributed by atoms with E-state index in [1.165, 1.54) is 38.5 Å². The van der Waals surface area contributed by atoms with Crippen LogP contribution in [0.4, 0.5) is 0 Å². The molecule has 0 rings (SSSR count). The molecule has 1 atom stereocenters. The number of nitrogens with two attached hydrogens (primary N) is 2. The van der Waals surface area contributed by atoms with Crippen LogP contribution < -0.4 is 11.5 Å². The first kappa shape index (κ1) is 17.3. The minimum absolute atomic E-state index is 0.349. The maximum atomic E-state index is 5.49. The van der Waals surface area contributed by atoms with Crippen molar-refractivity contribution >= 4 is 0 Å². The molecule has 0 aromatic rings. The van der Waals surface area contributed by atoms with Crippen molar-refractivity contribution in [2.45, 2.75) is 78.2 Å². The lowest BCUT2D eigenvalue weighted by atomic mass is 10.1. The van der Waals surface area contributed by atoms with Gasteiger partial charge in [0.15, 0.2) is 0 Å². The number of rotatable bonds is 8. The van der Waals surface area contributed by atoms with Gasteiger partial charge in [0.1, 0.15) is 0 Å². The van der Waals surface area contributed by atoms with Gasteiger partial charge in [-0.2, -0.15) is 0 Å². The van der Waals surface area contributed by atoms with Crippen LogP contribution in [-0.4, -0.2) is 12.6 Å². The highest BCUT2D eigenvalue weighted by atomic mass is 14.6. The molecule has 2 heteroatoms. The Balaban J connectivity index is 0. The minimum Gasteiger partial charge on any atom is -0.330 e. The van der Waals surface area contributed by atoms with E-state index in [0.29, 0.717) is 6.04 Å². The molecule has 1 unspecified atom stereocenters. The average Bonchev–Trinajstić information content (AvgIpc) is 2.20. The first-order valence-corrected chi connectivity index (χ1v) is 6.64. The monoisotopic (exact) mass is 216 g/mol. The summed E-state index contributed by atoms with van der Waals surface area (Å²) in [4.78, 5) is 0. The Kier molecular flexibility index (Phi) is 18.9. The third kappa shape index (κ3) is 24.9. The lowest BCUT2D eigenvalue weighted by Crippen LogP contribution is -2.14. The van der Waals surface area contributed by atoms with E-state index in [1.54, 1.807) is 0 Å². The van der Waals surface area contributed by atoms with Gasteiger partial charge in [-0.25, -0.2) is 0 Å². The summed E-state index contributed by atoms with van der Waals surface area (Å²) in [5.74, 6) is 0. The zero-order chi connectivity index (χ0) is 11.9. The topological polar surface area (TPSA) is 52.0 Å². The molecular weight excluding hydrogens is 184 g/mol. The summed E-state index contributed by atoms with van der Waals surface area (Å²) in [5, 5.41) is 0. The van der Waals surface area contributed by atoms with E-state index in [0.717, 1.165) is 19.4 Å². The van der Waals surface area contributed by atoms with Gasteiger partial charge >= 0.3 is 0 Å². The van der Waals surface area contributed by atoms with Gasteiger partial charge in [-0.15, -0.1) is 0 Å². The molecule has 0 aliphatic carbocycles. The quantitative estimate of drug-likeness (QED) is 0.611. The molecular formula is C13H32N2. The van der Waals surface area contributed by atoms with E-state index in [9.17, 15) is 0 Å². The van der Waals surface area contributed by atoms with E-state index < -0.39 is 0 Å². The molecule has 0 saturated carbocycles. The molecule has 2 nitrogen and oxygen atoms in total. The van der Waals surface area contributed by atoms with Crippen LogP contribution in [0.25, 0.3) is 0 Å². The van der Waals surface area contributed by atoms with Crippen LogP contribution in [0, 0.1) is 0 Å². The first-order chi connectivity index (χ1) is 7.18. The Bertz CT molecular complexity index is 88.5. The lowest BCUT2D eigenvalue weighted by Gasteiger charge is -2.01. The van der Waals surface area contributed by atoms with E-state index in [2.05, 4.69) is 13.8 Å². The van der Waals surface area contributed by atoms with Gasteiger partial charge in [-0.1, -0.05) is 52.4 Å². The van der Waals surface area contributed by atoms with Crippen LogP contribution in [0.5, 0.6) is 0 Å². The molecule has 15 heavy (non-hydrogen) atoms. The van der Waals surface area contributed by atoms with Gasteiger partial charge in [-0.3, -0.25) is 0 Å². The summed E-state index contributed by atoms with van der Waals surface area (Å²) in [7, 11) is 0. The van der Waals surface area contributed by atoms with Gasteiger partial charge < -0.3 is 11.5 Å². The Morgan fingerprint density at radius 1 is 0.867 bits per heavy atom. The Morgan fingerprint density at radius 2 is 1.40 bits per heavy atom. The SMILES string of the molecule is CC(N)CCCCN.CCCCCCC. The molecule has 0 fully saturated rings. The number of hydrogen-bond acceptors (Lipinski definition) is 2. The van der Waals surface area contributed by atoms with Crippen LogP contribution in [0.15, 0.2) is 0 Å². The van der Waals surface area contributed by atoms with E-state index in [-0.39, 0.29) is 0 Å². The van der Waals surface area contributed by atoms with E-state index in [1.807, 2.05) is 6.92 Å². The Labute approximate surface area is 96.8 Å². The van der Waals surface area contributed by atoms with Crippen molar-refractivity contribution in [3.63, 3.8) is 0 Å². The summed E-state index contributed by atoms with van der Waals surface area (Å²) in [5.41, 5.74) is 10.8. The molecule has 0 aromatic carbocycles. The molecule has 0 amide bonds. The second-order valence-electron chi connectivity index (χ2n) is 4.32. The maximum absolute atomic E-state index is 5.49. The fraction of sp³-hybridized carbons (Fsp3) is 1.00. The fourth-order valence-electron chi connectivity index (χ4n) is 1.29. The third-order valence-electron chi connectivity index (χ3n) is 2.32. The zero-order valence-electron chi connectivity index (χ0n) is 11.1. The molecule has 0 aromatic heterocycles. The highest BCUT2D eigenvalue weighted by molar-refractivity contribution is 4.52. The summed E-state index contributed by atoms with van der Waals surface area (Å²) in [6.45, 7) is 7.31. The van der Waals surface area contributed by atoms with Crippen molar-refractivity contribution in [2.24, 2.45) is 11.5 Å². The predicted molar refractivity (Wildman–Crippen MR) is 71.0 cm³/mol.